The summed E-state index contributed by atoms with van der Waals surface area (Å²) in [4.78, 5) is 27.3. The summed E-state index contributed by atoms with van der Waals surface area (Å²) < 4.78 is 18.2. The van der Waals surface area contributed by atoms with Crippen molar-refractivity contribution >= 4 is 29.3 Å². The Hall–Kier alpha value is -2.42. The SMILES string of the molecule is O=C(CSc1ccc(F)cc1)NCc1cccc(NC(=O)CCN2CCOCC2)c1. The molecule has 2 N–H and O–H groups in total. The smallest absolute Gasteiger partial charge is 0.230 e. The van der Waals surface area contributed by atoms with Crippen molar-refractivity contribution in [2.45, 2.75) is 17.9 Å². The van der Waals surface area contributed by atoms with Crippen molar-refractivity contribution in [1.29, 1.82) is 0 Å². The predicted molar refractivity (Wildman–Crippen MR) is 116 cm³/mol. The lowest BCUT2D eigenvalue weighted by atomic mass is 10.2. The largest absolute Gasteiger partial charge is 0.379 e. The molecule has 1 aliphatic rings. The summed E-state index contributed by atoms with van der Waals surface area (Å²) in [6.07, 6.45) is 0.432. The number of morpholine rings is 1. The molecule has 1 saturated heterocycles. The maximum atomic E-state index is 12.9. The number of nitrogens with one attached hydrogen (secondary N) is 2. The normalized spacial score (nSPS) is 14.3. The van der Waals surface area contributed by atoms with Crippen molar-refractivity contribution < 1.29 is 18.7 Å². The maximum Gasteiger partial charge on any atom is 0.230 e. The van der Waals surface area contributed by atoms with Crippen LogP contribution in [0.4, 0.5) is 10.1 Å². The Kier molecular flexibility index (Phi) is 8.67. The van der Waals surface area contributed by atoms with Gasteiger partial charge in [-0.2, -0.15) is 0 Å². The van der Waals surface area contributed by atoms with Gasteiger partial charge in [0.1, 0.15) is 5.82 Å². The molecule has 2 aromatic rings. The number of rotatable bonds is 9. The lowest BCUT2D eigenvalue weighted by Gasteiger charge is -2.26. The topological polar surface area (TPSA) is 70.7 Å². The zero-order chi connectivity index (χ0) is 21.2. The van der Waals surface area contributed by atoms with Crippen LogP contribution in [0.2, 0.25) is 0 Å². The highest BCUT2D eigenvalue weighted by Crippen LogP contribution is 2.18. The Labute approximate surface area is 180 Å². The second kappa shape index (κ2) is 11.7. The van der Waals surface area contributed by atoms with E-state index in [2.05, 4.69) is 15.5 Å². The van der Waals surface area contributed by atoms with Crippen LogP contribution in [0.1, 0.15) is 12.0 Å². The summed E-state index contributed by atoms with van der Waals surface area (Å²) >= 11 is 1.35. The molecule has 160 valence electrons. The Bertz CT molecular complexity index is 842. The summed E-state index contributed by atoms with van der Waals surface area (Å²) in [5.41, 5.74) is 1.62. The van der Waals surface area contributed by atoms with Crippen molar-refractivity contribution in [2.24, 2.45) is 0 Å². The summed E-state index contributed by atoms with van der Waals surface area (Å²) in [7, 11) is 0. The van der Waals surface area contributed by atoms with E-state index in [0.29, 0.717) is 13.0 Å². The van der Waals surface area contributed by atoms with E-state index in [9.17, 15) is 14.0 Å². The van der Waals surface area contributed by atoms with Crippen molar-refractivity contribution in [3.8, 4) is 0 Å². The van der Waals surface area contributed by atoms with Gasteiger partial charge in [-0.3, -0.25) is 14.5 Å². The molecule has 2 aromatic carbocycles. The zero-order valence-electron chi connectivity index (χ0n) is 16.7. The predicted octanol–water partition coefficient (Wildman–Crippen LogP) is 2.90. The zero-order valence-corrected chi connectivity index (χ0v) is 17.6. The van der Waals surface area contributed by atoms with Crippen LogP contribution >= 0.6 is 11.8 Å². The van der Waals surface area contributed by atoms with Crippen molar-refractivity contribution in [1.82, 2.24) is 10.2 Å². The molecule has 1 fully saturated rings. The maximum absolute atomic E-state index is 12.9. The van der Waals surface area contributed by atoms with Gasteiger partial charge in [0.15, 0.2) is 0 Å². The first-order valence-corrected chi connectivity index (χ1v) is 10.9. The summed E-state index contributed by atoms with van der Waals surface area (Å²) in [6, 6.07) is 13.5. The van der Waals surface area contributed by atoms with Crippen LogP contribution in [0.5, 0.6) is 0 Å². The quantitative estimate of drug-likeness (QED) is 0.598. The molecule has 0 radical (unpaired) electrons. The van der Waals surface area contributed by atoms with Crippen LogP contribution < -0.4 is 10.6 Å². The van der Waals surface area contributed by atoms with E-state index in [4.69, 9.17) is 4.74 Å². The van der Waals surface area contributed by atoms with Gasteiger partial charge in [-0.15, -0.1) is 11.8 Å². The number of hydrogen-bond acceptors (Lipinski definition) is 5. The minimum atomic E-state index is -0.295. The Morgan fingerprint density at radius 1 is 1.07 bits per heavy atom. The number of nitrogens with zero attached hydrogens (tertiary/aromatic N) is 1. The number of carbonyl (C=O) groups is 2. The number of hydrogen-bond donors (Lipinski definition) is 2. The van der Waals surface area contributed by atoms with Gasteiger partial charge in [-0.25, -0.2) is 4.39 Å². The van der Waals surface area contributed by atoms with Gasteiger partial charge in [-0.05, 0) is 42.0 Å². The van der Waals surface area contributed by atoms with Crippen molar-refractivity contribution in [3.05, 3.63) is 59.9 Å². The van der Waals surface area contributed by atoms with Crippen LogP contribution in [0.15, 0.2) is 53.4 Å². The number of anilines is 1. The molecular weight excluding hydrogens is 405 g/mol. The molecule has 1 aliphatic heterocycles. The highest BCUT2D eigenvalue weighted by Gasteiger charge is 2.12. The minimum Gasteiger partial charge on any atom is -0.379 e. The summed E-state index contributed by atoms with van der Waals surface area (Å²) in [6.45, 7) is 4.26. The highest BCUT2D eigenvalue weighted by atomic mass is 32.2. The number of halogens is 1. The van der Waals surface area contributed by atoms with E-state index >= 15 is 0 Å². The van der Waals surface area contributed by atoms with Crippen LogP contribution in [0.3, 0.4) is 0 Å². The molecule has 8 heteroatoms. The fraction of sp³-hybridized carbons (Fsp3) is 0.364. The third-order valence-electron chi connectivity index (χ3n) is 4.64. The molecule has 0 spiro atoms. The highest BCUT2D eigenvalue weighted by molar-refractivity contribution is 8.00. The molecule has 0 aliphatic carbocycles. The van der Waals surface area contributed by atoms with E-state index in [1.54, 1.807) is 12.1 Å². The van der Waals surface area contributed by atoms with Gasteiger partial charge in [0.05, 0.1) is 19.0 Å². The van der Waals surface area contributed by atoms with Gasteiger partial charge in [0, 0.05) is 43.2 Å². The van der Waals surface area contributed by atoms with Gasteiger partial charge < -0.3 is 15.4 Å². The Balaban J connectivity index is 1.39. The van der Waals surface area contributed by atoms with Crippen LogP contribution in [0, 0.1) is 5.82 Å². The molecule has 3 rings (SSSR count). The number of thioether (sulfide) groups is 1. The van der Waals surface area contributed by atoms with E-state index < -0.39 is 0 Å². The Morgan fingerprint density at radius 3 is 2.60 bits per heavy atom. The second-order valence-corrected chi connectivity index (χ2v) is 8.02. The summed E-state index contributed by atoms with van der Waals surface area (Å²) in [5, 5.41) is 5.78. The van der Waals surface area contributed by atoms with Gasteiger partial charge in [0.25, 0.3) is 0 Å². The molecule has 1 heterocycles. The van der Waals surface area contributed by atoms with E-state index in [1.807, 2.05) is 24.3 Å². The molecular formula is C22H26FN3O3S. The molecule has 2 amide bonds. The minimum absolute atomic E-state index is 0.0293. The van der Waals surface area contributed by atoms with Crippen LogP contribution in [-0.2, 0) is 20.9 Å². The van der Waals surface area contributed by atoms with E-state index in [-0.39, 0.29) is 23.4 Å². The first-order valence-electron chi connectivity index (χ1n) is 9.92. The number of amides is 2. The molecule has 0 unspecified atom stereocenters. The Morgan fingerprint density at radius 2 is 1.83 bits per heavy atom. The molecule has 6 nitrogen and oxygen atoms in total. The first kappa shape index (κ1) is 22.3. The van der Waals surface area contributed by atoms with Gasteiger partial charge >= 0.3 is 0 Å². The molecule has 30 heavy (non-hydrogen) atoms. The second-order valence-electron chi connectivity index (χ2n) is 6.97. The monoisotopic (exact) mass is 431 g/mol. The standard InChI is InChI=1S/C22H26FN3O3S/c23-18-4-6-20(7-5-18)30-16-22(28)24-15-17-2-1-3-19(14-17)25-21(27)8-9-26-10-12-29-13-11-26/h1-7,14H,8-13,15-16H2,(H,24,28)(H,25,27). The van der Waals surface area contributed by atoms with Crippen LogP contribution in [-0.4, -0.2) is 55.3 Å². The third kappa shape index (κ3) is 7.78. The molecule has 0 aromatic heterocycles. The number of carbonyl (C=O) groups excluding carboxylic acids is 2. The van der Waals surface area contributed by atoms with Crippen molar-refractivity contribution in [2.75, 3.05) is 43.9 Å². The summed E-state index contributed by atoms with van der Waals surface area (Å²) in [5.74, 6) is -0.177. The lowest BCUT2D eigenvalue weighted by Crippen LogP contribution is -2.38. The first-order chi connectivity index (χ1) is 14.6. The average Bonchev–Trinajstić information content (AvgIpc) is 2.77. The van der Waals surface area contributed by atoms with Gasteiger partial charge in [-0.1, -0.05) is 12.1 Å². The van der Waals surface area contributed by atoms with Gasteiger partial charge in [0.2, 0.25) is 11.8 Å². The van der Waals surface area contributed by atoms with Crippen molar-refractivity contribution in [3.63, 3.8) is 0 Å². The van der Waals surface area contributed by atoms with Crippen LogP contribution in [0.25, 0.3) is 0 Å². The molecule has 0 saturated carbocycles. The fourth-order valence-electron chi connectivity index (χ4n) is 3.00. The average molecular weight is 432 g/mol. The molecule has 0 atom stereocenters. The van der Waals surface area contributed by atoms with E-state index in [1.165, 1.54) is 23.9 Å². The number of ether oxygens (including phenoxy) is 1. The fourth-order valence-corrected chi connectivity index (χ4v) is 3.73. The molecule has 0 bridgehead atoms. The van der Waals surface area contributed by atoms with E-state index in [0.717, 1.165) is 49.0 Å². The number of benzene rings is 2. The lowest BCUT2D eigenvalue weighted by molar-refractivity contribution is -0.119. The third-order valence-corrected chi connectivity index (χ3v) is 5.65.